The molecule has 1 aliphatic heterocycles. The summed E-state index contributed by atoms with van der Waals surface area (Å²) < 4.78 is 5.16. The average molecular weight is 449 g/mol. The molecular formula is C27H32N2O2S. The van der Waals surface area contributed by atoms with Gasteiger partial charge in [-0.25, -0.2) is 0 Å². The fraction of sp³-hybridized carbons (Fsp3) is 0.296. The van der Waals surface area contributed by atoms with E-state index in [4.69, 9.17) is 4.74 Å². The number of nitrogens with one attached hydrogen (secondary N) is 2. The van der Waals surface area contributed by atoms with Crippen LogP contribution in [0.25, 0.3) is 16.5 Å². The van der Waals surface area contributed by atoms with E-state index in [1.54, 1.807) is 17.4 Å². The van der Waals surface area contributed by atoms with Gasteiger partial charge in [0, 0.05) is 40.8 Å². The van der Waals surface area contributed by atoms with Crippen molar-refractivity contribution in [2.24, 2.45) is 0 Å². The first-order chi connectivity index (χ1) is 15.5. The number of anilines is 1. The molecule has 0 bridgehead atoms. The molecule has 4 nitrogen and oxygen atoms in total. The van der Waals surface area contributed by atoms with Crippen molar-refractivity contribution in [3.63, 3.8) is 0 Å². The van der Waals surface area contributed by atoms with E-state index in [0.29, 0.717) is 6.04 Å². The number of hydrogen-bond donors (Lipinski definition) is 2. The monoisotopic (exact) mass is 448 g/mol. The largest absolute Gasteiger partial charge is 0.381 e. The zero-order valence-corrected chi connectivity index (χ0v) is 19.9. The van der Waals surface area contributed by atoms with Crippen LogP contribution in [0, 0.1) is 13.8 Å². The van der Waals surface area contributed by atoms with Gasteiger partial charge in [-0.1, -0.05) is 47.5 Å². The molecule has 2 aromatic carbocycles. The molecule has 32 heavy (non-hydrogen) atoms. The Kier molecular flexibility index (Phi) is 9.23. The van der Waals surface area contributed by atoms with Gasteiger partial charge in [-0.05, 0) is 69.6 Å². The molecule has 3 aromatic rings. The second-order valence-corrected chi connectivity index (χ2v) is 9.05. The summed E-state index contributed by atoms with van der Waals surface area (Å²) >= 11 is 1.68. The maximum absolute atomic E-state index is 12.0. The Bertz CT molecular complexity index is 1000. The van der Waals surface area contributed by atoms with E-state index in [1.165, 1.54) is 34.4 Å². The maximum atomic E-state index is 12.0. The number of benzene rings is 2. The van der Waals surface area contributed by atoms with Crippen molar-refractivity contribution >= 4 is 29.0 Å². The number of rotatable bonds is 5. The zero-order valence-electron chi connectivity index (χ0n) is 19.1. The topological polar surface area (TPSA) is 50.4 Å². The van der Waals surface area contributed by atoms with Crippen molar-refractivity contribution in [1.82, 2.24) is 5.32 Å². The van der Waals surface area contributed by atoms with Crippen molar-refractivity contribution in [3.05, 3.63) is 82.7 Å². The molecule has 1 aliphatic rings. The normalized spacial score (nSPS) is 14.1. The Labute approximate surface area is 195 Å². The first kappa shape index (κ1) is 23.9. The highest BCUT2D eigenvalue weighted by Crippen LogP contribution is 2.29. The third-order valence-electron chi connectivity index (χ3n) is 5.31. The molecular weight excluding hydrogens is 416 g/mol. The van der Waals surface area contributed by atoms with Gasteiger partial charge in [0.25, 0.3) is 0 Å². The van der Waals surface area contributed by atoms with Crippen molar-refractivity contribution < 1.29 is 9.53 Å². The van der Waals surface area contributed by atoms with Crippen molar-refractivity contribution in [2.45, 2.75) is 32.7 Å². The van der Waals surface area contributed by atoms with Crippen LogP contribution in [0.3, 0.4) is 0 Å². The standard InChI is InChI=1S/C21H19NOS.C6H13NO/c1-15-3-7-17(8-4-15)20-13-11-19(24-20)12-14-21(23)22-18-9-5-16(2)6-10-18;1-7-6-2-4-8-5-3-6/h3-14H,1-2H3,(H,22,23);6-7H,2-5H2,1H3. The van der Waals surface area contributed by atoms with Gasteiger partial charge in [0.05, 0.1) is 0 Å². The number of thiophene rings is 1. The van der Waals surface area contributed by atoms with Crippen LogP contribution in [0.2, 0.25) is 0 Å². The molecule has 0 unspecified atom stereocenters. The highest BCUT2D eigenvalue weighted by molar-refractivity contribution is 7.16. The van der Waals surface area contributed by atoms with Crippen molar-refractivity contribution in [3.8, 4) is 10.4 Å². The molecule has 0 saturated carbocycles. The summed E-state index contributed by atoms with van der Waals surface area (Å²) in [5.74, 6) is -0.121. The van der Waals surface area contributed by atoms with Gasteiger partial charge in [0.15, 0.2) is 0 Å². The number of amides is 1. The van der Waals surface area contributed by atoms with Crippen LogP contribution < -0.4 is 10.6 Å². The quantitative estimate of drug-likeness (QED) is 0.466. The van der Waals surface area contributed by atoms with Crippen LogP contribution in [0.1, 0.15) is 28.8 Å². The zero-order chi connectivity index (χ0) is 22.8. The van der Waals surface area contributed by atoms with Crippen molar-refractivity contribution in [2.75, 3.05) is 25.6 Å². The molecule has 1 fully saturated rings. The SMILES string of the molecule is CNC1CCOCC1.Cc1ccc(NC(=O)C=Cc2ccc(-c3ccc(C)cc3)s2)cc1. The Morgan fingerprint density at radius 2 is 1.56 bits per heavy atom. The van der Waals surface area contributed by atoms with Gasteiger partial charge in [-0.15, -0.1) is 11.3 Å². The molecule has 0 atom stereocenters. The lowest BCUT2D eigenvalue weighted by Crippen LogP contribution is -2.31. The molecule has 0 spiro atoms. The molecule has 1 saturated heterocycles. The summed E-state index contributed by atoms with van der Waals surface area (Å²) in [4.78, 5) is 14.3. The Morgan fingerprint density at radius 1 is 0.938 bits per heavy atom. The molecule has 1 aromatic heterocycles. The van der Waals surface area contributed by atoms with Crippen LogP contribution in [-0.4, -0.2) is 32.2 Å². The lowest BCUT2D eigenvalue weighted by molar-refractivity contribution is -0.111. The van der Waals surface area contributed by atoms with Crippen molar-refractivity contribution in [1.29, 1.82) is 0 Å². The fourth-order valence-corrected chi connectivity index (χ4v) is 4.20. The maximum Gasteiger partial charge on any atom is 0.248 e. The van der Waals surface area contributed by atoms with E-state index in [9.17, 15) is 4.79 Å². The first-order valence-corrected chi connectivity index (χ1v) is 11.8. The number of ether oxygens (including phenoxy) is 1. The fourth-order valence-electron chi connectivity index (χ4n) is 3.28. The van der Waals surface area contributed by atoms with E-state index < -0.39 is 0 Å². The number of hydrogen-bond acceptors (Lipinski definition) is 4. The third-order valence-corrected chi connectivity index (χ3v) is 6.41. The summed E-state index contributed by atoms with van der Waals surface area (Å²) in [6.45, 7) is 5.98. The Morgan fingerprint density at radius 3 is 2.16 bits per heavy atom. The highest BCUT2D eigenvalue weighted by atomic mass is 32.1. The van der Waals surface area contributed by atoms with Crippen LogP contribution in [-0.2, 0) is 9.53 Å². The third kappa shape index (κ3) is 7.75. The molecule has 1 amide bonds. The van der Waals surface area contributed by atoms with Crippen LogP contribution in [0.5, 0.6) is 0 Å². The van der Waals surface area contributed by atoms with E-state index in [-0.39, 0.29) is 5.91 Å². The number of carbonyl (C=O) groups excluding carboxylic acids is 1. The Hall–Kier alpha value is -2.73. The van der Waals surface area contributed by atoms with Gasteiger partial charge in [-0.2, -0.15) is 0 Å². The van der Waals surface area contributed by atoms with Gasteiger partial charge >= 0.3 is 0 Å². The number of aryl methyl sites for hydroxylation is 2. The molecule has 0 aliphatic carbocycles. The minimum absolute atomic E-state index is 0.121. The Balaban J connectivity index is 0.000000305. The summed E-state index contributed by atoms with van der Waals surface area (Å²) in [6.07, 6.45) is 5.78. The molecule has 168 valence electrons. The average Bonchev–Trinajstić information content (AvgIpc) is 3.30. The molecule has 0 radical (unpaired) electrons. The summed E-state index contributed by atoms with van der Waals surface area (Å²) in [7, 11) is 2.01. The van der Waals surface area contributed by atoms with Crippen LogP contribution >= 0.6 is 11.3 Å². The predicted octanol–water partition coefficient (Wildman–Crippen LogP) is 6.07. The molecule has 2 N–H and O–H groups in total. The van der Waals surface area contributed by atoms with Gasteiger partial charge in [0.2, 0.25) is 5.91 Å². The molecule has 2 heterocycles. The van der Waals surface area contributed by atoms with Crippen LogP contribution in [0.4, 0.5) is 5.69 Å². The van der Waals surface area contributed by atoms with Crippen LogP contribution in [0.15, 0.2) is 66.7 Å². The first-order valence-electron chi connectivity index (χ1n) is 11.0. The summed E-state index contributed by atoms with van der Waals surface area (Å²) in [5.41, 5.74) is 4.44. The predicted molar refractivity (Wildman–Crippen MR) is 136 cm³/mol. The molecule has 5 heteroatoms. The second kappa shape index (κ2) is 12.3. The second-order valence-electron chi connectivity index (χ2n) is 7.93. The lowest BCUT2D eigenvalue weighted by atomic mass is 10.1. The minimum atomic E-state index is -0.121. The van der Waals surface area contributed by atoms with E-state index in [1.807, 2.05) is 50.4 Å². The van der Waals surface area contributed by atoms with Gasteiger partial charge < -0.3 is 15.4 Å². The highest BCUT2D eigenvalue weighted by Gasteiger charge is 2.09. The van der Waals surface area contributed by atoms with E-state index >= 15 is 0 Å². The summed E-state index contributed by atoms with van der Waals surface area (Å²) in [6, 6.07) is 21.1. The van der Waals surface area contributed by atoms with E-state index in [0.717, 1.165) is 23.8 Å². The smallest absolute Gasteiger partial charge is 0.248 e. The number of carbonyl (C=O) groups is 1. The van der Waals surface area contributed by atoms with Gasteiger partial charge in [-0.3, -0.25) is 4.79 Å². The van der Waals surface area contributed by atoms with Gasteiger partial charge in [0.1, 0.15) is 0 Å². The summed E-state index contributed by atoms with van der Waals surface area (Å²) in [5, 5.41) is 6.09. The lowest BCUT2D eigenvalue weighted by Gasteiger charge is -2.20. The minimum Gasteiger partial charge on any atom is -0.381 e. The van der Waals surface area contributed by atoms with E-state index in [2.05, 4.69) is 47.9 Å². The molecule has 4 rings (SSSR count).